The molecule has 4 rings (SSSR count). The highest BCUT2D eigenvalue weighted by Gasteiger charge is 2.31. The Labute approximate surface area is 313 Å². The zero-order valence-corrected chi connectivity index (χ0v) is 30.2. The minimum absolute atomic E-state index is 0.100. The van der Waals surface area contributed by atoms with Crippen molar-refractivity contribution in [2.24, 2.45) is 11.5 Å². The summed E-state index contributed by atoms with van der Waals surface area (Å²) in [5.41, 5.74) is 14.5. The molecule has 1 aromatic heterocycles. The number of H-pyrrole nitrogens is 1. The topological polar surface area (TPSA) is 237 Å². The number of para-hydroxylation sites is 1. The Bertz CT molecular complexity index is 1850. The molecule has 53 heavy (non-hydrogen) atoms. The standard InChI is InChI=1S/C38H47N9O5S/c39-34(49)30(21-26-22-43-28-15-8-7-14-27(26)28)46-37(52)32(23-53)47-35(50)29(16-9-19-42-38(40)41)45-36(51)31(20-25-12-5-2-6-13-25)44-33(48)18-17-24-10-3-1-4-11-24/h1-8,10-15,22,29-32,43,53H,9,16-21,23H2,(H2,39,49)(H,44,48)(H,45,51)(H,46,52)(H,47,50)(H4,40,41,42)/t29-,30-,31+,32-/m0/s1. The lowest BCUT2D eigenvalue weighted by molar-refractivity contribution is -0.134. The molecule has 0 spiro atoms. The van der Waals surface area contributed by atoms with E-state index in [1.54, 1.807) is 6.20 Å². The number of fused-ring (bicyclic) bond motifs is 1. The van der Waals surface area contributed by atoms with Gasteiger partial charge in [-0.3, -0.25) is 29.4 Å². The summed E-state index contributed by atoms with van der Waals surface area (Å²) < 4.78 is 0. The summed E-state index contributed by atoms with van der Waals surface area (Å²) in [4.78, 5) is 69.6. The third-order valence-corrected chi connectivity index (χ3v) is 8.98. The van der Waals surface area contributed by atoms with Gasteiger partial charge in [-0.25, -0.2) is 0 Å². The number of aromatic nitrogens is 1. The number of nitrogens with two attached hydrogens (primary N) is 2. The van der Waals surface area contributed by atoms with Crippen LogP contribution in [-0.4, -0.2) is 76.9 Å². The SMILES string of the molecule is N=C(N)NCCC[C@H](NC(=O)[C@@H](Cc1ccccc1)NC(=O)CCc1ccccc1)C(=O)N[C@@H](CS)C(=O)N[C@@H](Cc1c[nH]c2ccccc12)C(N)=O. The van der Waals surface area contributed by atoms with Crippen molar-refractivity contribution < 1.29 is 24.0 Å². The first-order chi connectivity index (χ1) is 25.5. The van der Waals surface area contributed by atoms with Crippen LogP contribution in [0.25, 0.3) is 10.9 Å². The monoisotopic (exact) mass is 741 g/mol. The molecule has 0 bridgehead atoms. The average Bonchev–Trinajstić information content (AvgIpc) is 3.56. The molecule has 5 amide bonds. The van der Waals surface area contributed by atoms with Gasteiger partial charge in [-0.1, -0.05) is 78.9 Å². The summed E-state index contributed by atoms with van der Waals surface area (Å²) in [7, 11) is 0. The summed E-state index contributed by atoms with van der Waals surface area (Å²) in [6.45, 7) is 0.239. The number of hydrogen-bond donors (Lipinski definition) is 10. The van der Waals surface area contributed by atoms with Gasteiger partial charge in [0.1, 0.15) is 24.2 Å². The van der Waals surface area contributed by atoms with Crippen molar-refractivity contribution in [1.82, 2.24) is 31.6 Å². The molecule has 15 heteroatoms. The minimum Gasteiger partial charge on any atom is -0.370 e. The van der Waals surface area contributed by atoms with Crippen molar-refractivity contribution in [2.45, 2.75) is 62.7 Å². The van der Waals surface area contributed by atoms with Gasteiger partial charge in [0.2, 0.25) is 29.5 Å². The van der Waals surface area contributed by atoms with Crippen molar-refractivity contribution in [1.29, 1.82) is 5.41 Å². The number of amides is 5. The van der Waals surface area contributed by atoms with Gasteiger partial charge in [0.25, 0.3) is 0 Å². The summed E-state index contributed by atoms with van der Waals surface area (Å²) in [5.74, 6) is -3.44. The molecule has 0 saturated heterocycles. The quantitative estimate of drug-likeness (QED) is 0.0275. The smallest absolute Gasteiger partial charge is 0.244 e. The Kier molecular flexibility index (Phi) is 15.3. The first kappa shape index (κ1) is 39.9. The zero-order valence-electron chi connectivity index (χ0n) is 29.3. The highest BCUT2D eigenvalue weighted by molar-refractivity contribution is 7.80. The molecule has 4 aromatic rings. The fourth-order valence-electron chi connectivity index (χ4n) is 5.78. The van der Waals surface area contributed by atoms with Gasteiger partial charge in [-0.2, -0.15) is 12.6 Å². The van der Waals surface area contributed by atoms with E-state index < -0.39 is 47.8 Å². The zero-order chi connectivity index (χ0) is 38.2. The van der Waals surface area contributed by atoms with Crippen LogP contribution in [-0.2, 0) is 43.2 Å². The second-order valence-corrected chi connectivity index (χ2v) is 13.0. The van der Waals surface area contributed by atoms with Crippen LogP contribution in [0.2, 0.25) is 0 Å². The lowest BCUT2D eigenvalue weighted by Crippen LogP contribution is -2.59. The van der Waals surface area contributed by atoms with E-state index in [0.717, 1.165) is 27.6 Å². The minimum atomic E-state index is -1.19. The molecule has 0 aliphatic carbocycles. The molecule has 0 aliphatic heterocycles. The van der Waals surface area contributed by atoms with Gasteiger partial charge in [-0.15, -0.1) is 0 Å². The van der Waals surface area contributed by atoms with E-state index >= 15 is 0 Å². The maximum Gasteiger partial charge on any atom is 0.244 e. The fraction of sp³-hybridized carbons (Fsp3) is 0.316. The predicted molar refractivity (Wildman–Crippen MR) is 207 cm³/mol. The van der Waals surface area contributed by atoms with E-state index in [1.807, 2.05) is 84.9 Å². The lowest BCUT2D eigenvalue weighted by Gasteiger charge is -2.26. The van der Waals surface area contributed by atoms with Crippen LogP contribution in [0.4, 0.5) is 0 Å². The second kappa shape index (κ2) is 20.3. The number of thiol groups is 1. The number of rotatable bonds is 20. The van der Waals surface area contributed by atoms with Crippen molar-refractivity contribution in [3.05, 3.63) is 108 Å². The third-order valence-electron chi connectivity index (χ3n) is 8.61. The van der Waals surface area contributed by atoms with E-state index in [4.69, 9.17) is 16.9 Å². The number of guanidine groups is 1. The number of aromatic amines is 1. The van der Waals surface area contributed by atoms with Crippen LogP contribution < -0.4 is 38.1 Å². The Balaban J connectivity index is 1.46. The molecule has 0 saturated carbocycles. The van der Waals surface area contributed by atoms with Gasteiger partial charge in [-0.05, 0) is 42.0 Å². The number of benzene rings is 3. The largest absolute Gasteiger partial charge is 0.370 e. The molecular formula is C38H47N9O5S. The first-order valence-electron chi connectivity index (χ1n) is 17.4. The molecule has 0 aliphatic rings. The Morgan fingerprint density at radius 2 is 1.28 bits per heavy atom. The first-order valence-corrected chi connectivity index (χ1v) is 18.0. The van der Waals surface area contributed by atoms with Crippen LogP contribution in [0.1, 0.15) is 36.0 Å². The van der Waals surface area contributed by atoms with E-state index in [0.29, 0.717) is 12.8 Å². The molecule has 1 heterocycles. The average molecular weight is 742 g/mol. The number of primary amides is 1. The molecular weight excluding hydrogens is 695 g/mol. The Morgan fingerprint density at radius 3 is 1.94 bits per heavy atom. The predicted octanol–water partition coefficient (Wildman–Crippen LogP) is 1.20. The second-order valence-electron chi connectivity index (χ2n) is 12.6. The van der Waals surface area contributed by atoms with Crippen molar-refractivity contribution in [3.8, 4) is 0 Å². The highest BCUT2D eigenvalue weighted by Crippen LogP contribution is 2.19. The number of nitrogens with one attached hydrogen (secondary N) is 7. The molecule has 0 fully saturated rings. The molecule has 0 radical (unpaired) electrons. The Hall–Kier alpha value is -5.83. The highest BCUT2D eigenvalue weighted by atomic mass is 32.1. The number of carbonyl (C=O) groups excluding carboxylic acids is 5. The van der Waals surface area contributed by atoms with Crippen LogP contribution in [0.5, 0.6) is 0 Å². The number of carbonyl (C=O) groups is 5. The van der Waals surface area contributed by atoms with E-state index in [-0.39, 0.29) is 49.8 Å². The summed E-state index contributed by atoms with van der Waals surface area (Å²) in [6.07, 6.45) is 3.06. The van der Waals surface area contributed by atoms with Crippen LogP contribution in [0, 0.1) is 5.41 Å². The normalized spacial score (nSPS) is 13.2. The van der Waals surface area contributed by atoms with Crippen LogP contribution >= 0.6 is 12.6 Å². The van der Waals surface area contributed by atoms with Gasteiger partial charge in [0.15, 0.2) is 5.96 Å². The van der Waals surface area contributed by atoms with Gasteiger partial charge < -0.3 is 43.0 Å². The van der Waals surface area contributed by atoms with Gasteiger partial charge in [0.05, 0.1) is 0 Å². The summed E-state index contributed by atoms with van der Waals surface area (Å²) in [5, 5.41) is 21.9. The van der Waals surface area contributed by atoms with Crippen molar-refractivity contribution in [2.75, 3.05) is 12.3 Å². The summed E-state index contributed by atoms with van der Waals surface area (Å²) >= 11 is 4.28. The number of hydrogen-bond acceptors (Lipinski definition) is 7. The lowest BCUT2D eigenvalue weighted by atomic mass is 10.0. The van der Waals surface area contributed by atoms with Crippen LogP contribution in [0.15, 0.2) is 91.1 Å². The van der Waals surface area contributed by atoms with Gasteiger partial charge in [0, 0.05) is 48.7 Å². The van der Waals surface area contributed by atoms with Gasteiger partial charge >= 0.3 is 0 Å². The molecule has 4 atom stereocenters. The molecule has 280 valence electrons. The number of aryl methyl sites for hydroxylation is 1. The van der Waals surface area contributed by atoms with E-state index in [1.165, 1.54) is 0 Å². The van der Waals surface area contributed by atoms with E-state index in [2.05, 4.69) is 44.2 Å². The maximum absolute atomic E-state index is 13.8. The summed E-state index contributed by atoms with van der Waals surface area (Å²) in [6, 6.07) is 21.7. The van der Waals surface area contributed by atoms with Crippen molar-refractivity contribution >= 4 is 59.0 Å². The third kappa shape index (κ3) is 12.7. The van der Waals surface area contributed by atoms with E-state index in [9.17, 15) is 24.0 Å². The van der Waals surface area contributed by atoms with Crippen LogP contribution in [0.3, 0.4) is 0 Å². The van der Waals surface area contributed by atoms with Crippen molar-refractivity contribution in [3.63, 3.8) is 0 Å². The molecule has 3 aromatic carbocycles. The molecule has 11 N–H and O–H groups in total. The molecule has 14 nitrogen and oxygen atoms in total. The fourth-order valence-corrected chi connectivity index (χ4v) is 6.04. The Morgan fingerprint density at radius 1 is 0.698 bits per heavy atom. The maximum atomic E-state index is 13.8. The molecule has 0 unspecified atom stereocenters.